The van der Waals surface area contributed by atoms with Gasteiger partial charge >= 0.3 is 6.03 Å². The molecule has 1 aliphatic rings. The predicted molar refractivity (Wildman–Crippen MR) is 121 cm³/mol. The molecule has 1 aliphatic heterocycles. The van der Waals surface area contributed by atoms with Crippen molar-refractivity contribution in [2.24, 2.45) is 0 Å². The van der Waals surface area contributed by atoms with Gasteiger partial charge in [-0.2, -0.15) is 0 Å². The van der Waals surface area contributed by atoms with Crippen LogP contribution < -0.4 is 10.6 Å². The third kappa shape index (κ3) is 4.59. The molecule has 4 rings (SSSR count). The lowest BCUT2D eigenvalue weighted by Crippen LogP contribution is -2.38. The molecule has 0 unspecified atom stereocenters. The van der Waals surface area contributed by atoms with Crippen molar-refractivity contribution in [3.05, 3.63) is 88.3 Å². The second kappa shape index (κ2) is 8.61. The van der Waals surface area contributed by atoms with Crippen LogP contribution in [0.2, 0.25) is 0 Å². The lowest BCUT2D eigenvalue weighted by Gasteiger charge is -2.12. The molecule has 0 bridgehead atoms. The zero-order valence-corrected chi connectivity index (χ0v) is 18.2. The summed E-state index contributed by atoms with van der Waals surface area (Å²) in [4.78, 5) is 38.3. The lowest BCUT2D eigenvalue weighted by atomic mass is 10.2. The molecule has 0 spiro atoms. The molecule has 31 heavy (non-hydrogen) atoms. The summed E-state index contributed by atoms with van der Waals surface area (Å²) in [6.07, 6.45) is 3.46. The number of nitrogens with zero attached hydrogens (tertiary/aromatic N) is 2. The highest BCUT2D eigenvalue weighted by atomic mass is 79.9. The van der Waals surface area contributed by atoms with Crippen molar-refractivity contribution < 1.29 is 14.4 Å². The molecule has 156 valence electrons. The molecule has 0 saturated carbocycles. The monoisotopic (exact) mass is 478 g/mol. The normalized spacial score (nSPS) is 14.8. The number of hydrogen-bond acceptors (Lipinski definition) is 3. The third-order valence-corrected chi connectivity index (χ3v) is 5.27. The number of rotatable bonds is 5. The highest BCUT2D eigenvalue weighted by molar-refractivity contribution is 9.10. The van der Waals surface area contributed by atoms with Crippen molar-refractivity contribution in [2.75, 3.05) is 11.9 Å². The van der Waals surface area contributed by atoms with Crippen molar-refractivity contribution >= 4 is 45.5 Å². The quantitative estimate of drug-likeness (QED) is 0.428. The molecule has 0 aliphatic carbocycles. The zero-order valence-electron chi connectivity index (χ0n) is 16.6. The summed E-state index contributed by atoms with van der Waals surface area (Å²) in [7, 11) is 0. The summed E-state index contributed by atoms with van der Waals surface area (Å²) in [5, 5.41) is 5.26. The number of amides is 4. The Morgan fingerprint density at radius 2 is 1.87 bits per heavy atom. The summed E-state index contributed by atoms with van der Waals surface area (Å²) >= 11 is 3.41. The van der Waals surface area contributed by atoms with Crippen molar-refractivity contribution in [1.29, 1.82) is 0 Å². The fourth-order valence-corrected chi connectivity index (χ4v) is 3.54. The van der Waals surface area contributed by atoms with E-state index in [0.29, 0.717) is 5.69 Å². The molecule has 7 nitrogen and oxygen atoms in total. The van der Waals surface area contributed by atoms with Gasteiger partial charge in [-0.3, -0.25) is 9.59 Å². The minimum Gasteiger partial charge on any atom is -0.325 e. The summed E-state index contributed by atoms with van der Waals surface area (Å²) in [6, 6.07) is 18.1. The van der Waals surface area contributed by atoms with E-state index >= 15 is 0 Å². The molecule has 1 saturated heterocycles. The number of carbonyl (C=O) groups excluding carboxylic acids is 3. The molecular weight excluding hydrogens is 460 g/mol. The van der Waals surface area contributed by atoms with Crippen LogP contribution in [0.3, 0.4) is 0 Å². The second-order valence-electron chi connectivity index (χ2n) is 7.08. The maximum Gasteiger partial charge on any atom is 0.329 e. The van der Waals surface area contributed by atoms with E-state index in [2.05, 4.69) is 26.6 Å². The molecule has 2 N–H and O–H groups in total. The molecule has 1 aromatic heterocycles. The first-order valence-electron chi connectivity index (χ1n) is 9.55. The van der Waals surface area contributed by atoms with E-state index in [4.69, 9.17) is 0 Å². The van der Waals surface area contributed by atoms with Crippen molar-refractivity contribution in [2.45, 2.75) is 6.92 Å². The smallest absolute Gasteiger partial charge is 0.325 e. The molecule has 0 radical (unpaired) electrons. The molecule has 2 aromatic carbocycles. The minimum absolute atomic E-state index is 0.116. The number of nitrogens with one attached hydrogen (secondary N) is 2. The molecular formula is C23H19BrN4O3. The van der Waals surface area contributed by atoms with Crippen LogP contribution >= 0.6 is 15.9 Å². The van der Waals surface area contributed by atoms with Crippen LogP contribution in [0.15, 0.2) is 77.0 Å². The summed E-state index contributed by atoms with van der Waals surface area (Å²) in [5.41, 5.74) is 3.35. The SMILES string of the molecule is Cc1cccc(NC(=O)CN2C(=O)N/C(=C\c3cccn3-c3ccc(Br)cc3)C2=O)c1. The maximum absolute atomic E-state index is 12.8. The van der Waals surface area contributed by atoms with Gasteiger partial charge < -0.3 is 15.2 Å². The van der Waals surface area contributed by atoms with E-state index < -0.39 is 17.8 Å². The van der Waals surface area contributed by atoms with Crippen LogP contribution in [0, 0.1) is 6.92 Å². The van der Waals surface area contributed by atoms with Gasteiger partial charge in [-0.15, -0.1) is 0 Å². The minimum atomic E-state index is -0.627. The number of aromatic nitrogens is 1. The van der Waals surface area contributed by atoms with Gasteiger partial charge in [-0.05, 0) is 67.1 Å². The summed E-state index contributed by atoms with van der Waals surface area (Å²) < 4.78 is 2.85. The molecule has 4 amide bonds. The Balaban J connectivity index is 1.50. The van der Waals surface area contributed by atoms with Gasteiger partial charge in [-0.1, -0.05) is 28.1 Å². The maximum atomic E-state index is 12.8. The van der Waals surface area contributed by atoms with Crippen LogP contribution in [0.5, 0.6) is 0 Å². The van der Waals surface area contributed by atoms with E-state index in [1.165, 1.54) is 0 Å². The number of benzene rings is 2. The number of imide groups is 1. The Labute approximate surface area is 187 Å². The Bertz CT molecular complexity index is 1200. The van der Waals surface area contributed by atoms with Crippen molar-refractivity contribution in [3.8, 4) is 5.69 Å². The van der Waals surface area contributed by atoms with Gasteiger partial charge in [0.25, 0.3) is 5.91 Å². The number of hydrogen-bond donors (Lipinski definition) is 2. The molecule has 2 heterocycles. The van der Waals surface area contributed by atoms with Crippen LogP contribution in [-0.4, -0.2) is 33.9 Å². The van der Waals surface area contributed by atoms with E-state index in [9.17, 15) is 14.4 Å². The Morgan fingerprint density at radius 1 is 1.10 bits per heavy atom. The Hall–Kier alpha value is -3.65. The van der Waals surface area contributed by atoms with Gasteiger partial charge in [0.05, 0.1) is 0 Å². The highest BCUT2D eigenvalue weighted by Gasteiger charge is 2.35. The average Bonchev–Trinajstić information content (AvgIpc) is 3.29. The number of urea groups is 1. The van der Waals surface area contributed by atoms with Gasteiger partial charge in [0, 0.05) is 27.7 Å². The second-order valence-corrected chi connectivity index (χ2v) is 7.99. The first-order chi connectivity index (χ1) is 14.9. The molecule has 3 aromatic rings. The Morgan fingerprint density at radius 3 is 2.61 bits per heavy atom. The molecule has 1 fully saturated rings. The van der Waals surface area contributed by atoms with E-state index in [0.717, 1.165) is 26.3 Å². The van der Waals surface area contributed by atoms with Crippen LogP contribution in [0.25, 0.3) is 11.8 Å². The number of aryl methyl sites for hydroxylation is 1. The Kier molecular flexibility index (Phi) is 5.73. The van der Waals surface area contributed by atoms with Crippen molar-refractivity contribution in [1.82, 2.24) is 14.8 Å². The van der Waals surface area contributed by atoms with Gasteiger partial charge in [0.2, 0.25) is 5.91 Å². The van der Waals surface area contributed by atoms with Gasteiger partial charge in [0.15, 0.2) is 0 Å². The van der Waals surface area contributed by atoms with Crippen molar-refractivity contribution in [3.63, 3.8) is 0 Å². The van der Waals surface area contributed by atoms with Gasteiger partial charge in [-0.25, -0.2) is 9.69 Å². The topological polar surface area (TPSA) is 83.4 Å². The van der Waals surface area contributed by atoms with Crippen LogP contribution in [0.1, 0.15) is 11.3 Å². The van der Waals surface area contributed by atoms with E-state index in [1.54, 1.807) is 12.1 Å². The number of halogens is 1. The zero-order chi connectivity index (χ0) is 22.0. The standard InChI is InChI=1S/C23H19BrN4O3/c1-15-4-2-5-17(12-15)25-21(29)14-28-22(30)20(26-23(28)31)13-19-6-3-11-27(19)18-9-7-16(24)8-10-18/h2-13H,14H2,1H3,(H,25,29)(H,26,31)/b20-13-. The first-order valence-corrected chi connectivity index (χ1v) is 10.3. The van der Waals surface area contributed by atoms with Crippen LogP contribution in [0.4, 0.5) is 10.5 Å². The fourth-order valence-electron chi connectivity index (χ4n) is 3.28. The fraction of sp³-hybridized carbons (Fsp3) is 0.0870. The van der Waals surface area contributed by atoms with Crippen LogP contribution in [-0.2, 0) is 9.59 Å². The predicted octanol–water partition coefficient (Wildman–Crippen LogP) is 4.08. The van der Waals surface area contributed by atoms with Gasteiger partial charge in [0.1, 0.15) is 12.2 Å². The summed E-state index contributed by atoms with van der Waals surface area (Å²) in [6.45, 7) is 1.54. The summed E-state index contributed by atoms with van der Waals surface area (Å²) in [5.74, 6) is -0.999. The number of anilines is 1. The molecule has 8 heteroatoms. The highest BCUT2D eigenvalue weighted by Crippen LogP contribution is 2.20. The average molecular weight is 479 g/mol. The number of carbonyl (C=O) groups is 3. The van der Waals surface area contributed by atoms with E-state index in [1.807, 2.05) is 72.3 Å². The third-order valence-electron chi connectivity index (χ3n) is 4.74. The largest absolute Gasteiger partial charge is 0.329 e. The molecule has 0 atom stereocenters. The lowest BCUT2D eigenvalue weighted by molar-refractivity contribution is -0.127. The first kappa shape index (κ1) is 20.6. The van der Waals surface area contributed by atoms with E-state index in [-0.39, 0.29) is 12.2 Å².